The molecule has 0 saturated heterocycles. The van der Waals surface area contributed by atoms with Gasteiger partial charge in [-0.1, -0.05) is 141 Å². The van der Waals surface area contributed by atoms with Crippen LogP contribution in [0.3, 0.4) is 0 Å². The molecule has 5 aliphatic rings. The quantitative estimate of drug-likeness (QED) is 0.309. The predicted molar refractivity (Wildman–Crippen MR) is 142 cm³/mol. The Balaban J connectivity index is 0.000000207. The zero-order chi connectivity index (χ0) is 23.7. The molecule has 0 aromatic heterocycles. The van der Waals surface area contributed by atoms with Crippen LogP contribution in [0.2, 0.25) is 0 Å². The van der Waals surface area contributed by atoms with E-state index >= 15 is 0 Å². The summed E-state index contributed by atoms with van der Waals surface area (Å²) in [5.74, 6) is 0.464. The van der Waals surface area contributed by atoms with Crippen LogP contribution in [0, 0.1) is 0 Å². The Morgan fingerprint density at radius 2 is 0.667 bits per heavy atom. The molecule has 33 heavy (non-hydrogen) atoms. The Labute approximate surface area is 206 Å². The smallest absolute Gasteiger partial charge is 0.132 e. The van der Waals surface area contributed by atoms with Crippen molar-refractivity contribution in [3.8, 4) is 0 Å². The Morgan fingerprint density at radius 3 is 0.848 bits per heavy atom. The molecule has 5 saturated carbocycles. The summed E-state index contributed by atoms with van der Waals surface area (Å²) in [6.45, 7) is 0. The molecule has 0 heterocycles. The van der Waals surface area contributed by atoms with Crippen molar-refractivity contribution in [2.45, 2.75) is 186 Å². The molecule has 5 aliphatic carbocycles. The first-order valence-corrected chi connectivity index (χ1v) is 15.1. The highest BCUT2D eigenvalue weighted by atomic mass is 17.1. The van der Waals surface area contributed by atoms with E-state index in [2.05, 4.69) is 4.89 Å². The summed E-state index contributed by atoms with van der Waals surface area (Å²) in [4.78, 5) is 14.7. The minimum Gasteiger partial charge on any atom is -0.300 e. The fourth-order valence-corrected chi connectivity index (χ4v) is 5.30. The van der Waals surface area contributed by atoms with Gasteiger partial charge in [-0.3, -0.25) is 10.1 Å². The number of Topliss-reactive ketones (excluding diaryl/α,β-unsaturated/α-hetero) is 1. The van der Waals surface area contributed by atoms with Crippen molar-refractivity contribution in [1.29, 1.82) is 0 Å². The van der Waals surface area contributed by atoms with E-state index in [1.165, 1.54) is 141 Å². The number of hydrogen-bond acceptors (Lipinski definition) is 3. The second kappa shape index (κ2) is 24.7. The average molecular weight is 467 g/mol. The van der Waals surface area contributed by atoms with Gasteiger partial charge < -0.3 is 0 Å². The van der Waals surface area contributed by atoms with E-state index in [0.29, 0.717) is 5.78 Å². The van der Waals surface area contributed by atoms with Gasteiger partial charge in [-0.05, 0) is 25.7 Å². The monoisotopic (exact) mass is 466 g/mol. The molecule has 0 unspecified atom stereocenters. The van der Waals surface area contributed by atoms with Crippen molar-refractivity contribution in [2.75, 3.05) is 0 Å². The molecule has 0 bridgehead atoms. The molecule has 5 rings (SSSR count). The van der Waals surface area contributed by atoms with Gasteiger partial charge in [-0.15, -0.1) is 0 Å². The minimum atomic E-state index is 0.142. The van der Waals surface area contributed by atoms with E-state index in [0.717, 1.165) is 38.5 Å². The lowest BCUT2D eigenvalue weighted by atomic mass is 9.98. The molecule has 0 amide bonds. The molecule has 0 spiro atoms. The number of carbonyl (C=O) groups excluding carboxylic acids is 1. The summed E-state index contributed by atoms with van der Waals surface area (Å²) >= 11 is 0. The molecular formula is C30H58O3. The fourth-order valence-electron chi connectivity index (χ4n) is 5.30. The number of hydrogen-bond donors (Lipinski definition) is 1. The lowest BCUT2D eigenvalue weighted by Gasteiger charge is -2.17. The van der Waals surface area contributed by atoms with Gasteiger partial charge in [0.15, 0.2) is 0 Å². The van der Waals surface area contributed by atoms with Gasteiger partial charge in [0.2, 0.25) is 0 Å². The summed E-state index contributed by atoms with van der Waals surface area (Å²) in [6.07, 6.45) is 38.2. The largest absolute Gasteiger partial charge is 0.300 e. The SMILES string of the molecule is C1CCCCC1.C1CCCCC1.C1CCCCC1.O=C1CCCCC1.OOC1CCCCC1. The van der Waals surface area contributed by atoms with E-state index in [1.54, 1.807) is 0 Å². The van der Waals surface area contributed by atoms with Crippen molar-refractivity contribution >= 4 is 5.78 Å². The Hall–Kier alpha value is -0.410. The third kappa shape index (κ3) is 21.8. The zero-order valence-corrected chi connectivity index (χ0v) is 22.1. The maximum absolute atomic E-state index is 10.5. The molecule has 0 atom stereocenters. The third-order valence-corrected chi connectivity index (χ3v) is 7.61. The van der Waals surface area contributed by atoms with Gasteiger partial charge >= 0.3 is 0 Å². The fraction of sp³-hybridized carbons (Fsp3) is 0.967. The topological polar surface area (TPSA) is 46.5 Å². The van der Waals surface area contributed by atoms with Crippen LogP contribution >= 0.6 is 0 Å². The normalized spacial score (nSPS) is 23.6. The van der Waals surface area contributed by atoms with Crippen molar-refractivity contribution in [1.82, 2.24) is 0 Å². The van der Waals surface area contributed by atoms with Crippen LogP contribution in [0.25, 0.3) is 0 Å². The molecular weight excluding hydrogens is 408 g/mol. The summed E-state index contributed by atoms with van der Waals surface area (Å²) in [5, 5.41) is 8.19. The van der Waals surface area contributed by atoms with Crippen molar-refractivity contribution in [2.24, 2.45) is 0 Å². The van der Waals surface area contributed by atoms with Crippen LogP contribution in [0.1, 0.15) is 180 Å². The van der Waals surface area contributed by atoms with E-state index in [4.69, 9.17) is 5.26 Å². The van der Waals surface area contributed by atoms with Gasteiger partial charge in [-0.25, -0.2) is 4.89 Å². The highest BCUT2D eigenvalue weighted by molar-refractivity contribution is 5.78. The van der Waals surface area contributed by atoms with E-state index in [-0.39, 0.29) is 6.10 Å². The Kier molecular flexibility index (Phi) is 22.9. The molecule has 1 N–H and O–H groups in total. The van der Waals surface area contributed by atoms with Gasteiger partial charge in [0.1, 0.15) is 5.78 Å². The maximum Gasteiger partial charge on any atom is 0.132 e. The first-order chi connectivity index (χ1) is 16.3. The Morgan fingerprint density at radius 1 is 0.424 bits per heavy atom. The predicted octanol–water partition coefficient (Wildman–Crippen LogP) is 10.4. The van der Waals surface area contributed by atoms with Gasteiger partial charge in [0, 0.05) is 12.8 Å². The van der Waals surface area contributed by atoms with Crippen molar-refractivity contribution in [3.63, 3.8) is 0 Å². The lowest BCUT2D eigenvalue weighted by Crippen LogP contribution is -2.14. The number of ketones is 1. The van der Waals surface area contributed by atoms with Crippen LogP contribution in [0.4, 0.5) is 0 Å². The van der Waals surface area contributed by atoms with Crippen LogP contribution in [0.15, 0.2) is 0 Å². The molecule has 0 aromatic rings. The van der Waals surface area contributed by atoms with Gasteiger partial charge in [0.05, 0.1) is 6.10 Å². The van der Waals surface area contributed by atoms with Crippen LogP contribution in [-0.2, 0) is 9.68 Å². The summed E-state index contributed by atoms with van der Waals surface area (Å²) in [5.41, 5.74) is 0. The minimum absolute atomic E-state index is 0.142. The summed E-state index contributed by atoms with van der Waals surface area (Å²) < 4.78 is 0. The maximum atomic E-state index is 10.5. The number of rotatable bonds is 1. The van der Waals surface area contributed by atoms with E-state index < -0.39 is 0 Å². The summed E-state index contributed by atoms with van der Waals surface area (Å²) in [7, 11) is 0. The molecule has 0 aliphatic heterocycles. The van der Waals surface area contributed by atoms with Crippen molar-refractivity contribution in [3.05, 3.63) is 0 Å². The van der Waals surface area contributed by atoms with E-state index in [9.17, 15) is 4.79 Å². The molecule has 0 aromatic carbocycles. The molecule has 3 heteroatoms. The number of carbonyl (C=O) groups is 1. The highest BCUT2D eigenvalue weighted by Gasteiger charge is 2.12. The lowest BCUT2D eigenvalue weighted by molar-refractivity contribution is -0.283. The van der Waals surface area contributed by atoms with Crippen molar-refractivity contribution < 1.29 is 14.9 Å². The molecule has 0 radical (unpaired) electrons. The van der Waals surface area contributed by atoms with Gasteiger partial charge in [-0.2, -0.15) is 0 Å². The first kappa shape index (κ1) is 30.6. The Bertz CT molecular complexity index is 320. The van der Waals surface area contributed by atoms with Crippen LogP contribution in [0.5, 0.6) is 0 Å². The molecule has 5 fully saturated rings. The van der Waals surface area contributed by atoms with E-state index in [1.807, 2.05) is 0 Å². The summed E-state index contributed by atoms with van der Waals surface area (Å²) in [6, 6.07) is 0. The highest BCUT2D eigenvalue weighted by Crippen LogP contribution is 2.19. The first-order valence-electron chi connectivity index (χ1n) is 15.1. The third-order valence-electron chi connectivity index (χ3n) is 7.61. The second-order valence-electron chi connectivity index (χ2n) is 10.8. The standard InChI is InChI=1S/C6H12O2.C6H10O.3C6H12/c7-8-6-4-2-1-3-5-6;7-6-4-2-1-3-5-6;3*1-2-4-6-5-3-1/h6-7H,1-5H2;1-5H2;3*1-6H2. The average Bonchev–Trinajstić information content (AvgIpc) is 2.94. The van der Waals surface area contributed by atoms with Crippen LogP contribution in [-0.4, -0.2) is 17.1 Å². The second-order valence-corrected chi connectivity index (χ2v) is 10.8. The molecule has 3 nitrogen and oxygen atoms in total. The molecule has 196 valence electrons. The van der Waals surface area contributed by atoms with Crippen LogP contribution < -0.4 is 0 Å². The zero-order valence-electron chi connectivity index (χ0n) is 22.1. The van der Waals surface area contributed by atoms with Gasteiger partial charge in [0.25, 0.3) is 0 Å².